The molecule has 0 radical (unpaired) electrons. The van der Waals surface area contributed by atoms with Crippen LogP contribution in [0.5, 0.6) is 0 Å². The number of nitrogens with zero attached hydrogens (tertiary/aromatic N) is 3. The maximum atomic E-state index is 2.73. The molecule has 1 saturated heterocycles. The quantitative estimate of drug-likeness (QED) is 0.288. The Morgan fingerprint density at radius 1 is 0.794 bits per heavy atom. The molecule has 1 aromatic rings. The van der Waals surface area contributed by atoms with Crippen LogP contribution < -0.4 is 0 Å². The summed E-state index contributed by atoms with van der Waals surface area (Å²) in [5.74, 6) is 1.76. The molecule has 1 heterocycles. The molecule has 1 fully saturated rings. The predicted octanol–water partition coefficient (Wildman–Crippen LogP) is 7.81. The van der Waals surface area contributed by atoms with Crippen molar-refractivity contribution in [1.82, 2.24) is 14.7 Å². The second-order valence-corrected chi connectivity index (χ2v) is 10.2. The summed E-state index contributed by atoms with van der Waals surface area (Å²) in [5, 5.41) is 0. The third-order valence-corrected chi connectivity index (χ3v) is 7.32. The lowest BCUT2D eigenvalue weighted by Gasteiger charge is -2.40. The van der Waals surface area contributed by atoms with E-state index in [9.17, 15) is 0 Å². The molecule has 2 rings (SSSR count). The molecular formula is C31H61N3. The fraction of sp³-hybridized carbons (Fsp3) is 0.806. The summed E-state index contributed by atoms with van der Waals surface area (Å²) in [4.78, 5) is 7.75. The van der Waals surface area contributed by atoms with Crippen molar-refractivity contribution in [2.75, 3.05) is 46.3 Å². The SMILES string of the molecule is CC.CCC(C)CC(CC)N1CCN(Cc2ccccc2)CC1.CCCN(C)CCC(C)CC. The van der Waals surface area contributed by atoms with Gasteiger partial charge in [-0.3, -0.25) is 9.80 Å². The van der Waals surface area contributed by atoms with E-state index < -0.39 is 0 Å². The number of benzene rings is 1. The smallest absolute Gasteiger partial charge is 0.0234 e. The van der Waals surface area contributed by atoms with Crippen LogP contribution in [-0.4, -0.2) is 67.1 Å². The van der Waals surface area contributed by atoms with Crippen LogP contribution in [0.1, 0.15) is 99.5 Å². The Labute approximate surface area is 215 Å². The van der Waals surface area contributed by atoms with Gasteiger partial charge in [-0.2, -0.15) is 0 Å². The minimum atomic E-state index is 0.791. The highest BCUT2D eigenvalue weighted by Crippen LogP contribution is 2.19. The molecule has 34 heavy (non-hydrogen) atoms. The monoisotopic (exact) mass is 475 g/mol. The van der Waals surface area contributed by atoms with Gasteiger partial charge < -0.3 is 4.90 Å². The van der Waals surface area contributed by atoms with Crippen LogP contribution >= 0.6 is 0 Å². The molecule has 0 N–H and O–H groups in total. The molecule has 0 saturated carbocycles. The van der Waals surface area contributed by atoms with E-state index in [4.69, 9.17) is 0 Å². The molecule has 3 heteroatoms. The second kappa shape index (κ2) is 21.4. The third-order valence-electron chi connectivity index (χ3n) is 7.32. The Kier molecular flexibility index (Phi) is 20.8. The standard InChI is InChI=1S/C19H32N2.C10H23N.C2H6/c1-4-17(3)15-19(5-2)21-13-11-20(12-14-21)16-18-9-7-6-8-10-18;1-5-8-11(4)9-7-10(3)6-2;1-2/h6-10,17,19H,4-5,11-16H2,1-3H3;10H,5-9H2,1-4H3;1-2H3. The highest BCUT2D eigenvalue weighted by molar-refractivity contribution is 5.14. The zero-order valence-corrected chi connectivity index (χ0v) is 24.7. The van der Waals surface area contributed by atoms with Crippen LogP contribution in [-0.2, 0) is 6.54 Å². The van der Waals surface area contributed by atoms with E-state index >= 15 is 0 Å². The van der Waals surface area contributed by atoms with Crippen molar-refractivity contribution in [3.63, 3.8) is 0 Å². The minimum Gasteiger partial charge on any atom is -0.306 e. The van der Waals surface area contributed by atoms with Gasteiger partial charge in [0.15, 0.2) is 0 Å². The van der Waals surface area contributed by atoms with Crippen LogP contribution in [0.3, 0.4) is 0 Å². The first-order valence-corrected chi connectivity index (χ1v) is 14.6. The van der Waals surface area contributed by atoms with E-state index in [-0.39, 0.29) is 0 Å². The third kappa shape index (κ3) is 15.2. The first-order chi connectivity index (χ1) is 16.4. The van der Waals surface area contributed by atoms with Crippen LogP contribution in [0, 0.1) is 11.8 Å². The number of piperazine rings is 1. The average molecular weight is 476 g/mol. The Balaban J connectivity index is 0.000000712. The Hall–Kier alpha value is -0.900. The number of hydrogen-bond donors (Lipinski definition) is 0. The van der Waals surface area contributed by atoms with Crippen molar-refractivity contribution in [2.24, 2.45) is 11.8 Å². The summed E-state index contributed by atoms with van der Waals surface area (Å²) in [6.07, 6.45) is 7.92. The zero-order valence-electron chi connectivity index (χ0n) is 24.7. The van der Waals surface area contributed by atoms with E-state index in [1.807, 2.05) is 13.8 Å². The topological polar surface area (TPSA) is 9.72 Å². The Morgan fingerprint density at radius 2 is 1.38 bits per heavy atom. The first kappa shape index (κ1) is 33.1. The number of rotatable bonds is 13. The van der Waals surface area contributed by atoms with Gasteiger partial charge in [-0.15, -0.1) is 0 Å². The van der Waals surface area contributed by atoms with Gasteiger partial charge in [-0.05, 0) is 63.2 Å². The minimum absolute atomic E-state index is 0.791. The van der Waals surface area contributed by atoms with Gasteiger partial charge in [0.1, 0.15) is 0 Å². The molecule has 3 nitrogen and oxygen atoms in total. The van der Waals surface area contributed by atoms with Gasteiger partial charge in [-0.1, -0.05) is 98.6 Å². The fourth-order valence-electron chi connectivity index (χ4n) is 4.47. The summed E-state index contributed by atoms with van der Waals surface area (Å²) in [7, 11) is 2.21. The normalized spacial score (nSPS) is 17.2. The average Bonchev–Trinajstić information content (AvgIpc) is 2.88. The maximum Gasteiger partial charge on any atom is 0.0234 e. The molecule has 0 amide bonds. The molecule has 1 aromatic carbocycles. The lowest BCUT2D eigenvalue weighted by atomic mass is 9.96. The summed E-state index contributed by atoms with van der Waals surface area (Å²) >= 11 is 0. The highest BCUT2D eigenvalue weighted by Gasteiger charge is 2.23. The highest BCUT2D eigenvalue weighted by atomic mass is 15.3. The molecule has 3 atom stereocenters. The van der Waals surface area contributed by atoms with Crippen molar-refractivity contribution in [3.05, 3.63) is 35.9 Å². The summed E-state index contributed by atoms with van der Waals surface area (Å²) < 4.78 is 0. The van der Waals surface area contributed by atoms with E-state index in [2.05, 4.69) is 93.6 Å². The van der Waals surface area contributed by atoms with Gasteiger partial charge in [-0.25, -0.2) is 0 Å². The van der Waals surface area contributed by atoms with Crippen molar-refractivity contribution >= 4 is 0 Å². The van der Waals surface area contributed by atoms with Gasteiger partial charge in [0.05, 0.1) is 0 Å². The molecule has 0 aromatic heterocycles. The Morgan fingerprint density at radius 3 is 1.88 bits per heavy atom. The van der Waals surface area contributed by atoms with Crippen LogP contribution in [0.2, 0.25) is 0 Å². The summed E-state index contributed by atoms with van der Waals surface area (Å²) in [6, 6.07) is 11.7. The Bertz CT molecular complexity index is 539. The molecule has 200 valence electrons. The lowest BCUT2D eigenvalue weighted by molar-refractivity contribution is 0.0796. The van der Waals surface area contributed by atoms with Crippen molar-refractivity contribution in [2.45, 2.75) is 107 Å². The van der Waals surface area contributed by atoms with Gasteiger partial charge in [0.2, 0.25) is 0 Å². The summed E-state index contributed by atoms with van der Waals surface area (Å²) in [6.45, 7) is 26.4. The molecule has 0 aliphatic carbocycles. The van der Waals surface area contributed by atoms with Gasteiger partial charge in [0, 0.05) is 38.8 Å². The lowest BCUT2D eigenvalue weighted by Crippen LogP contribution is -2.50. The molecule has 1 aliphatic heterocycles. The molecule has 0 bridgehead atoms. The van der Waals surface area contributed by atoms with Crippen molar-refractivity contribution in [3.8, 4) is 0 Å². The predicted molar refractivity (Wildman–Crippen MR) is 155 cm³/mol. The molecular weight excluding hydrogens is 414 g/mol. The van der Waals surface area contributed by atoms with Crippen LogP contribution in [0.15, 0.2) is 30.3 Å². The fourth-order valence-corrected chi connectivity index (χ4v) is 4.47. The van der Waals surface area contributed by atoms with Crippen LogP contribution in [0.25, 0.3) is 0 Å². The van der Waals surface area contributed by atoms with Gasteiger partial charge >= 0.3 is 0 Å². The largest absolute Gasteiger partial charge is 0.306 e. The van der Waals surface area contributed by atoms with E-state index in [1.54, 1.807) is 0 Å². The van der Waals surface area contributed by atoms with Crippen LogP contribution in [0.4, 0.5) is 0 Å². The first-order valence-electron chi connectivity index (χ1n) is 14.6. The maximum absolute atomic E-state index is 2.73. The molecule has 0 spiro atoms. The zero-order chi connectivity index (χ0) is 25.8. The van der Waals surface area contributed by atoms with Gasteiger partial charge in [0.25, 0.3) is 0 Å². The number of hydrogen-bond acceptors (Lipinski definition) is 3. The molecule has 1 aliphatic rings. The van der Waals surface area contributed by atoms with Crippen molar-refractivity contribution in [1.29, 1.82) is 0 Å². The van der Waals surface area contributed by atoms with Crippen molar-refractivity contribution < 1.29 is 0 Å². The van der Waals surface area contributed by atoms with E-state index in [0.29, 0.717) is 0 Å². The summed E-state index contributed by atoms with van der Waals surface area (Å²) in [5.41, 5.74) is 1.44. The molecule has 3 unspecified atom stereocenters. The second-order valence-electron chi connectivity index (χ2n) is 10.2. The van der Waals surface area contributed by atoms with E-state index in [0.717, 1.165) is 24.4 Å². The van der Waals surface area contributed by atoms with E-state index in [1.165, 1.54) is 83.4 Å².